The van der Waals surface area contributed by atoms with Gasteiger partial charge in [-0.3, -0.25) is 9.59 Å². The summed E-state index contributed by atoms with van der Waals surface area (Å²) in [6, 6.07) is -1.77. The van der Waals surface area contributed by atoms with Gasteiger partial charge in [-0.15, -0.1) is 0 Å². The van der Waals surface area contributed by atoms with Crippen LogP contribution >= 0.6 is 0 Å². The van der Waals surface area contributed by atoms with Crippen LogP contribution in [0.3, 0.4) is 0 Å². The van der Waals surface area contributed by atoms with E-state index in [2.05, 4.69) is 0 Å². The number of nitrogens with two attached hydrogens (primary N) is 2. The fourth-order valence-corrected chi connectivity index (χ4v) is 0.490. The van der Waals surface area contributed by atoms with Crippen molar-refractivity contribution in [3.05, 3.63) is 0 Å². The van der Waals surface area contributed by atoms with Crippen LogP contribution in [-0.2, 0) is 9.59 Å². The van der Waals surface area contributed by atoms with Gasteiger partial charge >= 0.3 is 57.4 Å². The fraction of sp³-hybridized carbons (Fsp3) is 0.667. The maximum absolute atomic E-state index is 10.8. The summed E-state index contributed by atoms with van der Waals surface area (Å²) >= 11 is 0. The van der Waals surface area contributed by atoms with Gasteiger partial charge in [-0.1, -0.05) is 0 Å². The molecule has 12 heavy (non-hydrogen) atoms. The Bertz CT molecular complexity index is 172. The Morgan fingerprint density at radius 3 is 2.08 bits per heavy atom. The van der Waals surface area contributed by atoms with Gasteiger partial charge in [0.05, 0.1) is 6.04 Å². The van der Waals surface area contributed by atoms with Crippen molar-refractivity contribution >= 4 is 63.1 Å². The van der Waals surface area contributed by atoms with Crippen LogP contribution in [0.25, 0.3) is 0 Å². The molecule has 5 nitrogen and oxygen atoms in total. The zero-order chi connectivity index (χ0) is 9.02. The SMILES string of the molecule is CC(N)C(=O)C[C@H](N)C(=O)O.[KH]. The van der Waals surface area contributed by atoms with E-state index in [0.29, 0.717) is 0 Å². The van der Waals surface area contributed by atoms with E-state index in [1.807, 2.05) is 0 Å². The number of carbonyl (C=O) groups excluding carboxylic acids is 1. The molecule has 0 saturated heterocycles. The van der Waals surface area contributed by atoms with E-state index in [9.17, 15) is 9.59 Å². The Morgan fingerprint density at radius 2 is 1.83 bits per heavy atom. The van der Waals surface area contributed by atoms with Crippen LogP contribution in [0.1, 0.15) is 13.3 Å². The summed E-state index contributed by atoms with van der Waals surface area (Å²) < 4.78 is 0. The summed E-state index contributed by atoms with van der Waals surface area (Å²) in [7, 11) is 0. The molecular formula is C6H13KN2O3. The van der Waals surface area contributed by atoms with E-state index in [0.717, 1.165) is 0 Å². The minimum absolute atomic E-state index is 0. The van der Waals surface area contributed by atoms with Crippen molar-refractivity contribution in [3.8, 4) is 0 Å². The quantitative estimate of drug-likeness (QED) is 0.458. The molecule has 0 aromatic rings. The van der Waals surface area contributed by atoms with Gasteiger partial charge in [0.25, 0.3) is 0 Å². The molecular weight excluding hydrogens is 187 g/mol. The van der Waals surface area contributed by atoms with Crippen LogP contribution in [0.4, 0.5) is 0 Å². The van der Waals surface area contributed by atoms with Crippen molar-refractivity contribution in [2.75, 3.05) is 0 Å². The molecule has 0 rings (SSSR count). The first-order chi connectivity index (χ1) is 4.95. The first-order valence-corrected chi connectivity index (χ1v) is 3.22. The third-order valence-corrected chi connectivity index (χ3v) is 1.25. The van der Waals surface area contributed by atoms with Crippen molar-refractivity contribution in [2.24, 2.45) is 11.5 Å². The van der Waals surface area contributed by atoms with Crippen LogP contribution in [0.15, 0.2) is 0 Å². The van der Waals surface area contributed by atoms with Gasteiger partial charge in [-0.25, -0.2) is 0 Å². The summed E-state index contributed by atoms with van der Waals surface area (Å²) in [5.74, 6) is -1.51. The molecule has 0 aliphatic rings. The number of rotatable bonds is 4. The molecule has 0 saturated carbocycles. The Morgan fingerprint density at radius 1 is 1.42 bits per heavy atom. The molecule has 0 aliphatic carbocycles. The molecule has 0 spiro atoms. The third-order valence-electron chi connectivity index (χ3n) is 1.25. The summed E-state index contributed by atoms with van der Waals surface area (Å²) in [5.41, 5.74) is 10.3. The third kappa shape index (κ3) is 6.24. The number of hydrogen-bond acceptors (Lipinski definition) is 4. The fourth-order valence-electron chi connectivity index (χ4n) is 0.490. The summed E-state index contributed by atoms with van der Waals surface area (Å²) in [6.07, 6.45) is -0.201. The van der Waals surface area contributed by atoms with Crippen LogP contribution in [0, 0.1) is 0 Å². The number of hydrogen-bond donors (Lipinski definition) is 3. The molecule has 0 heterocycles. The standard InChI is InChI=1S/C6H12N2O3.K.H/c1-3(7)5(9)2-4(8)6(10)11;;/h3-4H,2,7-8H2,1H3,(H,10,11);;/t3?,4-;;/m0../s1. The molecule has 0 fully saturated rings. The van der Waals surface area contributed by atoms with Gasteiger partial charge in [-0.05, 0) is 6.92 Å². The number of aliphatic carboxylic acids is 1. The Hall–Kier alpha value is 0.696. The Labute approximate surface area is 113 Å². The minimum atomic E-state index is -1.18. The van der Waals surface area contributed by atoms with Crippen molar-refractivity contribution in [2.45, 2.75) is 25.4 Å². The number of ketones is 1. The van der Waals surface area contributed by atoms with Gasteiger partial charge in [0.15, 0.2) is 5.78 Å². The van der Waals surface area contributed by atoms with Crippen LogP contribution in [-0.4, -0.2) is 80.3 Å². The maximum atomic E-state index is 10.8. The van der Waals surface area contributed by atoms with Gasteiger partial charge in [0.1, 0.15) is 6.04 Å². The zero-order valence-electron chi connectivity index (χ0n) is 6.28. The van der Waals surface area contributed by atoms with E-state index in [1.165, 1.54) is 6.92 Å². The summed E-state index contributed by atoms with van der Waals surface area (Å²) in [5, 5.41) is 8.29. The molecule has 0 bridgehead atoms. The zero-order valence-corrected chi connectivity index (χ0v) is 6.28. The number of Topliss-reactive ketones (excluding diaryl/α,β-unsaturated/α-hetero) is 1. The molecule has 66 valence electrons. The van der Waals surface area contributed by atoms with Gasteiger partial charge in [-0.2, -0.15) is 0 Å². The second kappa shape index (κ2) is 7.13. The van der Waals surface area contributed by atoms with Gasteiger partial charge in [0.2, 0.25) is 0 Å². The molecule has 0 amide bonds. The molecule has 0 radical (unpaired) electrons. The van der Waals surface area contributed by atoms with E-state index in [-0.39, 0.29) is 63.6 Å². The van der Waals surface area contributed by atoms with E-state index < -0.39 is 18.1 Å². The molecule has 5 N–H and O–H groups in total. The predicted molar refractivity (Wildman–Crippen MR) is 46.0 cm³/mol. The first-order valence-electron chi connectivity index (χ1n) is 3.22. The Kier molecular flexibility index (Phi) is 9.02. The molecule has 0 aromatic heterocycles. The van der Waals surface area contributed by atoms with Crippen molar-refractivity contribution in [1.29, 1.82) is 0 Å². The summed E-state index contributed by atoms with van der Waals surface area (Å²) in [6.45, 7) is 1.50. The monoisotopic (exact) mass is 200 g/mol. The first kappa shape index (κ1) is 15.2. The average molecular weight is 200 g/mol. The van der Waals surface area contributed by atoms with Gasteiger partial charge in [0, 0.05) is 6.42 Å². The van der Waals surface area contributed by atoms with E-state index in [1.54, 1.807) is 0 Å². The second-order valence-electron chi connectivity index (χ2n) is 2.40. The van der Waals surface area contributed by atoms with Gasteiger partial charge < -0.3 is 16.6 Å². The normalized spacial score (nSPS) is 14.2. The Balaban J connectivity index is 0. The number of carboxylic acids is 1. The number of carboxylic acid groups (broad SMARTS) is 1. The van der Waals surface area contributed by atoms with Crippen LogP contribution < -0.4 is 11.5 Å². The molecule has 0 aromatic carbocycles. The molecule has 1 unspecified atom stereocenters. The molecule has 6 heteroatoms. The van der Waals surface area contributed by atoms with Crippen LogP contribution in [0.2, 0.25) is 0 Å². The van der Waals surface area contributed by atoms with E-state index >= 15 is 0 Å². The van der Waals surface area contributed by atoms with E-state index in [4.69, 9.17) is 16.6 Å². The average Bonchev–Trinajstić information content (AvgIpc) is 1.87. The topological polar surface area (TPSA) is 106 Å². The van der Waals surface area contributed by atoms with Crippen molar-refractivity contribution in [1.82, 2.24) is 0 Å². The number of carbonyl (C=O) groups is 2. The molecule has 2 atom stereocenters. The summed E-state index contributed by atoms with van der Waals surface area (Å²) in [4.78, 5) is 20.9. The molecule has 0 aliphatic heterocycles. The second-order valence-corrected chi connectivity index (χ2v) is 2.40. The van der Waals surface area contributed by atoms with Crippen molar-refractivity contribution in [3.63, 3.8) is 0 Å². The van der Waals surface area contributed by atoms with Crippen LogP contribution in [0.5, 0.6) is 0 Å². The predicted octanol–water partition coefficient (Wildman–Crippen LogP) is -1.94. The van der Waals surface area contributed by atoms with Crippen molar-refractivity contribution < 1.29 is 14.7 Å².